The van der Waals surface area contributed by atoms with Gasteiger partial charge >= 0.3 is 0 Å². The van der Waals surface area contributed by atoms with E-state index in [1.54, 1.807) is 25.1 Å². The van der Waals surface area contributed by atoms with Crippen LogP contribution in [-0.2, 0) is 9.84 Å². The van der Waals surface area contributed by atoms with Crippen LogP contribution < -0.4 is 5.32 Å². The third-order valence-electron chi connectivity index (χ3n) is 7.79. The number of sulfone groups is 1. The lowest BCUT2D eigenvalue weighted by Crippen LogP contribution is -2.45. The van der Waals surface area contributed by atoms with Gasteiger partial charge in [0.2, 0.25) is 0 Å². The average molecular weight is 547 g/mol. The van der Waals surface area contributed by atoms with E-state index in [1.165, 1.54) is 24.4 Å². The first kappa shape index (κ1) is 25.8. The molecule has 2 aliphatic carbocycles. The second kappa shape index (κ2) is 9.45. The van der Waals surface area contributed by atoms with E-state index in [2.05, 4.69) is 10.3 Å². The van der Waals surface area contributed by atoms with Gasteiger partial charge < -0.3 is 10.4 Å². The number of fused-ring (bicyclic) bond motifs is 2. The minimum atomic E-state index is -3.96. The Labute approximate surface area is 218 Å². The van der Waals surface area contributed by atoms with Gasteiger partial charge in [-0.15, -0.1) is 0 Å². The molecule has 2 N–H and O–H groups in total. The zero-order chi connectivity index (χ0) is 26.5. The molecule has 2 aromatic carbocycles. The van der Waals surface area contributed by atoms with Crippen molar-refractivity contribution in [2.75, 3.05) is 5.32 Å². The number of aromatic nitrogens is 1. The standard InChI is InChI=1S/C27H25ClF2N2O4S/c1-27(34)15-5-6-16(27)11-18(10-15)37(35,36)25-14-20(19(13-21(25)28)24-4-2-3-9-31-24)26(33)32-17-7-8-22(29)23(30)12-17/h2-4,7-9,12-16,18,34H,5-6,10-11H2,1H3,(H,32,33)/t15-,16?,18-,27+/m1/s1. The van der Waals surface area contributed by atoms with Crippen LogP contribution >= 0.6 is 11.6 Å². The molecule has 1 aromatic heterocycles. The van der Waals surface area contributed by atoms with Crippen molar-refractivity contribution in [2.45, 2.75) is 48.4 Å². The number of hydrogen-bond donors (Lipinski definition) is 2. The van der Waals surface area contributed by atoms with Crippen LogP contribution in [0.2, 0.25) is 5.02 Å². The largest absolute Gasteiger partial charge is 0.390 e. The van der Waals surface area contributed by atoms with Crippen LogP contribution in [0.15, 0.2) is 59.6 Å². The number of pyridine rings is 1. The van der Waals surface area contributed by atoms with Gasteiger partial charge in [0.15, 0.2) is 21.5 Å². The molecule has 2 bridgehead atoms. The monoisotopic (exact) mass is 546 g/mol. The summed E-state index contributed by atoms with van der Waals surface area (Å²) in [6.45, 7) is 1.77. The summed E-state index contributed by atoms with van der Waals surface area (Å²) in [5.41, 5.74) is -0.251. The molecule has 1 amide bonds. The van der Waals surface area contributed by atoms with E-state index in [9.17, 15) is 27.1 Å². The zero-order valence-electron chi connectivity index (χ0n) is 19.9. The second-order valence-electron chi connectivity index (χ2n) is 9.96. The van der Waals surface area contributed by atoms with Crippen LogP contribution in [0, 0.1) is 23.5 Å². The molecule has 1 heterocycles. The molecule has 2 saturated carbocycles. The lowest BCUT2D eigenvalue weighted by atomic mass is 9.76. The van der Waals surface area contributed by atoms with Crippen molar-refractivity contribution in [2.24, 2.45) is 11.8 Å². The van der Waals surface area contributed by atoms with E-state index in [1.807, 2.05) is 0 Å². The number of carbonyl (C=O) groups is 1. The Kier molecular flexibility index (Phi) is 6.58. The van der Waals surface area contributed by atoms with Gasteiger partial charge in [0.25, 0.3) is 5.91 Å². The maximum Gasteiger partial charge on any atom is 0.256 e. The van der Waals surface area contributed by atoms with Gasteiger partial charge in [0, 0.05) is 23.5 Å². The van der Waals surface area contributed by atoms with E-state index in [0.29, 0.717) is 18.5 Å². The molecule has 6 nitrogen and oxygen atoms in total. The number of halogens is 3. The summed E-state index contributed by atoms with van der Waals surface area (Å²) in [4.78, 5) is 17.4. The van der Waals surface area contributed by atoms with E-state index < -0.39 is 38.2 Å². The smallest absolute Gasteiger partial charge is 0.256 e. The van der Waals surface area contributed by atoms with Gasteiger partial charge in [-0.25, -0.2) is 17.2 Å². The normalized spacial score (nSPS) is 25.2. The first-order valence-electron chi connectivity index (χ1n) is 12.0. The number of benzene rings is 2. The Morgan fingerprint density at radius 1 is 1.08 bits per heavy atom. The van der Waals surface area contributed by atoms with Crippen molar-refractivity contribution in [1.29, 1.82) is 0 Å². The number of nitrogens with zero attached hydrogens (tertiary/aromatic N) is 1. The van der Waals surface area contributed by atoms with E-state index in [4.69, 9.17) is 11.6 Å². The van der Waals surface area contributed by atoms with Gasteiger partial charge in [0.1, 0.15) is 0 Å². The molecule has 5 rings (SSSR count). The summed E-state index contributed by atoms with van der Waals surface area (Å²) in [6.07, 6.45) is 3.66. The summed E-state index contributed by atoms with van der Waals surface area (Å²) in [5, 5.41) is 12.5. The molecule has 0 spiro atoms. The van der Waals surface area contributed by atoms with E-state index in [-0.39, 0.29) is 38.6 Å². The average Bonchev–Trinajstić information content (AvgIpc) is 3.02. The fraction of sp³-hybridized carbons (Fsp3) is 0.333. The molecule has 194 valence electrons. The van der Waals surface area contributed by atoms with E-state index >= 15 is 0 Å². The Hall–Kier alpha value is -2.88. The van der Waals surface area contributed by atoms with Crippen LogP contribution in [0.4, 0.5) is 14.5 Å². The highest BCUT2D eigenvalue weighted by molar-refractivity contribution is 7.92. The maximum atomic E-state index is 13.8. The highest BCUT2D eigenvalue weighted by Gasteiger charge is 2.53. The Morgan fingerprint density at radius 2 is 1.78 bits per heavy atom. The Morgan fingerprint density at radius 3 is 2.41 bits per heavy atom. The van der Waals surface area contributed by atoms with Crippen molar-refractivity contribution < 1.29 is 27.1 Å². The summed E-state index contributed by atoms with van der Waals surface area (Å²) in [5.74, 6) is -3.19. The van der Waals surface area contributed by atoms with Crippen molar-refractivity contribution in [3.05, 3.63) is 76.9 Å². The molecular weight excluding hydrogens is 522 g/mol. The summed E-state index contributed by atoms with van der Waals surface area (Å²) >= 11 is 6.52. The summed E-state index contributed by atoms with van der Waals surface area (Å²) in [7, 11) is -3.96. The lowest BCUT2D eigenvalue weighted by Gasteiger charge is -2.40. The van der Waals surface area contributed by atoms with Gasteiger partial charge in [-0.05, 0) is 80.8 Å². The van der Waals surface area contributed by atoms with Crippen molar-refractivity contribution in [1.82, 2.24) is 4.98 Å². The number of nitrogens with one attached hydrogen (secondary N) is 1. The van der Waals surface area contributed by atoms with Crippen molar-refractivity contribution in [3.8, 4) is 11.3 Å². The quantitative estimate of drug-likeness (QED) is 0.431. The molecule has 3 aromatic rings. The molecule has 2 aliphatic rings. The minimum Gasteiger partial charge on any atom is -0.390 e. The molecular formula is C27H25ClF2N2O4S. The number of amides is 1. The first-order chi connectivity index (χ1) is 17.5. The molecule has 4 atom stereocenters. The van der Waals surface area contributed by atoms with Crippen molar-refractivity contribution in [3.63, 3.8) is 0 Å². The highest BCUT2D eigenvalue weighted by atomic mass is 35.5. The number of anilines is 1. The van der Waals surface area contributed by atoms with Crippen LogP contribution in [0.1, 0.15) is 43.0 Å². The minimum absolute atomic E-state index is 0.00122. The fourth-order valence-corrected chi connectivity index (χ4v) is 8.09. The third-order valence-corrected chi connectivity index (χ3v) is 10.4. The molecule has 10 heteroatoms. The Balaban J connectivity index is 1.57. The zero-order valence-corrected chi connectivity index (χ0v) is 21.5. The van der Waals surface area contributed by atoms with Gasteiger partial charge in [-0.1, -0.05) is 17.7 Å². The molecule has 1 unspecified atom stereocenters. The topological polar surface area (TPSA) is 96.4 Å². The molecule has 0 saturated heterocycles. The highest BCUT2D eigenvalue weighted by Crippen LogP contribution is 2.52. The predicted octanol–water partition coefficient (Wildman–Crippen LogP) is 5.65. The third kappa shape index (κ3) is 4.64. The summed E-state index contributed by atoms with van der Waals surface area (Å²) < 4.78 is 54.7. The first-order valence-corrected chi connectivity index (χ1v) is 13.9. The number of rotatable bonds is 5. The number of aliphatic hydroxyl groups is 1. The van der Waals surface area contributed by atoms with Crippen molar-refractivity contribution >= 4 is 33.0 Å². The van der Waals surface area contributed by atoms with Crippen LogP contribution in [0.3, 0.4) is 0 Å². The molecule has 0 radical (unpaired) electrons. The number of carbonyl (C=O) groups excluding carboxylic acids is 1. The van der Waals surface area contributed by atoms with Gasteiger partial charge in [-0.2, -0.15) is 0 Å². The summed E-state index contributed by atoms with van der Waals surface area (Å²) in [6, 6.07) is 10.6. The van der Waals surface area contributed by atoms with Crippen LogP contribution in [0.5, 0.6) is 0 Å². The molecule has 0 aliphatic heterocycles. The second-order valence-corrected chi connectivity index (χ2v) is 12.6. The Bertz CT molecular complexity index is 1470. The molecule has 2 fully saturated rings. The maximum absolute atomic E-state index is 13.8. The SMILES string of the molecule is C[C@@]1(O)C2CC[C@@H]1C[C@@H](S(=O)(=O)c1cc(C(=O)Nc3ccc(F)c(F)c3)c(-c3ccccn3)cc1Cl)C2. The lowest BCUT2D eigenvalue weighted by molar-refractivity contribution is -0.0413. The predicted molar refractivity (Wildman–Crippen MR) is 136 cm³/mol. The number of hydrogen-bond acceptors (Lipinski definition) is 5. The van der Waals surface area contributed by atoms with Crippen LogP contribution in [0.25, 0.3) is 11.3 Å². The fourth-order valence-electron chi connectivity index (χ4n) is 5.66. The van der Waals surface area contributed by atoms with Crippen LogP contribution in [-0.4, -0.2) is 35.3 Å². The van der Waals surface area contributed by atoms with Gasteiger partial charge in [-0.3, -0.25) is 9.78 Å². The van der Waals surface area contributed by atoms with E-state index in [0.717, 1.165) is 25.0 Å². The molecule has 37 heavy (non-hydrogen) atoms. The van der Waals surface area contributed by atoms with Gasteiger partial charge in [0.05, 0.1) is 32.0 Å².